The number of benzene rings is 1. The molecule has 0 spiro atoms. The standard InChI is InChI=1S/C17H21N3O4/c1-12(24-14-4-5-15-16(10-14)23-11-22-15)17(21)19-6-3-8-20-9-7-18-13(20)2/h4-5,7,9-10,12H,3,6,8,11H2,1-2H3,(H,19,21). The molecule has 128 valence electrons. The normalized spacial score (nSPS) is 13.6. The Hall–Kier alpha value is -2.70. The number of nitrogens with one attached hydrogen (secondary N) is 1. The largest absolute Gasteiger partial charge is 0.481 e. The number of imidazole rings is 1. The van der Waals surface area contributed by atoms with Crippen molar-refractivity contribution in [1.82, 2.24) is 14.9 Å². The van der Waals surface area contributed by atoms with Gasteiger partial charge >= 0.3 is 0 Å². The quantitative estimate of drug-likeness (QED) is 0.784. The Morgan fingerprint density at radius 1 is 1.42 bits per heavy atom. The number of amides is 1. The average molecular weight is 331 g/mol. The number of carbonyl (C=O) groups is 1. The van der Waals surface area contributed by atoms with Crippen LogP contribution >= 0.6 is 0 Å². The molecule has 1 N–H and O–H groups in total. The fourth-order valence-corrected chi connectivity index (χ4v) is 2.45. The first kappa shape index (κ1) is 16.2. The molecule has 1 aromatic heterocycles. The molecule has 1 unspecified atom stereocenters. The van der Waals surface area contributed by atoms with Crippen LogP contribution in [-0.4, -0.2) is 34.9 Å². The Kier molecular flexibility index (Phi) is 4.88. The number of nitrogens with zero attached hydrogens (tertiary/aromatic N) is 2. The highest BCUT2D eigenvalue weighted by atomic mass is 16.7. The summed E-state index contributed by atoms with van der Waals surface area (Å²) in [6.45, 7) is 5.31. The van der Waals surface area contributed by atoms with Gasteiger partial charge in [0.2, 0.25) is 6.79 Å². The van der Waals surface area contributed by atoms with Crippen LogP contribution in [0.25, 0.3) is 0 Å². The van der Waals surface area contributed by atoms with E-state index in [9.17, 15) is 4.79 Å². The first-order valence-corrected chi connectivity index (χ1v) is 7.95. The average Bonchev–Trinajstić information content (AvgIpc) is 3.19. The predicted molar refractivity (Wildman–Crippen MR) is 87.2 cm³/mol. The number of ether oxygens (including phenoxy) is 3. The van der Waals surface area contributed by atoms with Crippen molar-refractivity contribution in [2.24, 2.45) is 0 Å². The van der Waals surface area contributed by atoms with Gasteiger partial charge in [-0.3, -0.25) is 4.79 Å². The molecule has 2 heterocycles. The number of hydrogen-bond donors (Lipinski definition) is 1. The minimum absolute atomic E-state index is 0.144. The third-order valence-electron chi connectivity index (χ3n) is 3.82. The van der Waals surface area contributed by atoms with E-state index in [4.69, 9.17) is 14.2 Å². The molecule has 1 aliphatic rings. The Morgan fingerprint density at radius 2 is 2.25 bits per heavy atom. The third-order valence-corrected chi connectivity index (χ3v) is 3.82. The summed E-state index contributed by atoms with van der Waals surface area (Å²) in [4.78, 5) is 16.3. The molecule has 0 fully saturated rings. The second-order valence-electron chi connectivity index (χ2n) is 5.59. The fourth-order valence-electron chi connectivity index (χ4n) is 2.45. The SMILES string of the molecule is Cc1nccn1CCCNC(=O)C(C)Oc1ccc2c(c1)OCO2. The third kappa shape index (κ3) is 3.79. The van der Waals surface area contributed by atoms with E-state index in [1.54, 1.807) is 31.3 Å². The van der Waals surface area contributed by atoms with E-state index in [0.717, 1.165) is 18.8 Å². The van der Waals surface area contributed by atoms with Crippen molar-refractivity contribution in [2.45, 2.75) is 32.9 Å². The van der Waals surface area contributed by atoms with Crippen molar-refractivity contribution in [3.05, 3.63) is 36.4 Å². The maximum absolute atomic E-state index is 12.1. The maximum atomic E-state index is 12.1. The summed E-state index contributed by atoms with van der Waals surface area (Å²) in [5.74, 6) is 2.73. The summed E-state index contributed by atoms with van der Waals surface area (Å²) in [5.41, 5.74) is 0. The first-order chi connectivity index (χ1) is 11.6. The Morgan fingerprint density at radius 3 is 3.04 bits per heavy atom. The number of rotatable bonds is 7. The van der Waals surface area contributed by atoms with Gasteiger partial charge in [-0.15, -0.1) is 0 Å². The summed E-state index contributed by atoms with van der Waals surface area (Å²) < 4.78 is 18.3. The first-order valence-electron chi connectivity index (χ1n) is 7.95. The molecule has 1 aliphatic heterocycles. The fraction of sp³-hybridized carbons (Fsp3) is 0.412. The van der Waals surface area contributed by atoms with Gasteiger partial charge in [0.25, 0.3) is 5.91 Å². The van der Waals surface area contributed by atoms with Gasteiger partial charge in [0.1, 0.15) is 11.6 Å². The number of carbonyl (C=O) groups excluding carboxylic acids is 1. The number of fused-ring (bicyclic) bond motifs is 1. The second-order valence-corrected chi connectivity index (χ2v) is 5.59. The smallest absolute Gasteiger partial charge is 0.260 e. The van der Waals surface area contributed by atoms with Gasteiger partial charge in [0.05, 0.1) is 0 Å². The van der Waals surface area contributed by atoms with E-state index in [0.29, 0.717) is 23.8 Å². The zero-order valence-corrected chi connectivity index (χ0v) is 13.8. The molecule has 0 bridgehead atoms. The summed E-state index contributed by atoms with van der Waals surface area (Å²) >= 11 is 0. The van der Waals surface area contributed by atoms with E-state index < -0.39 is 6.10 Å². The molecule has 24 heavy (non-hydrogen) atoms. The van der Waals surface area contributed by atoms with E-state index in [1.807, 2.05) is 13.1 Å². The van der Waals surface area contributed by atoms with Crippen LogP contribution in [0.5, 0.6) is 17.2 Å². The molecular formula is C17H21N3O4. The maximum Gasteiger partial charge on any atom is 0.260 e. The lowest BCUT2D eigenvalue weighted by Crippen LogP contribution is -2.37. The van der Waals surface area contributed by atoms with Crippen LogP contribution in [0.15, 0.2) is 30.6 Å². The predicted octanol–water partition coefficient (Wildman–Crippen LogP) is 1.89. The lowest BCUT2D eigenvalue weighted by Gasteiger charge is -2.15. The summed E-state index contributed by atoms with van der Waals surface area (Å²) in [7, 11) is 0. The number of aryl methyl sites for hydroxylation is 2. The zero-order chi connectivity index (χ0) is 16.9. The van der Waals surface area contributed by atoms with E-state index in [2.05, 4.69) is 14.9 Å². The van der Waals surface area contributed by atoms with Crippen LogP contribution < -0.4 is 19.5 Å². The molecule has 0 radical (unpaired) electrons. The van der Waals surface area contributed by atoms with Crippen LogP contribution in [0.3, 0.4) is 0 Å². The Balaban J connectivity index is 1.42. The molecule has 0 aliphatic carbocycles. The molecule has 1 amide bonds. The van der Waals surface area contributed by atoms with E-state index in [1.165, 1.54) is 0 Å². The molecule has 3 rings (SSSR count). The Bertz CT molecular complexity index is 714. The molecule has 0 saturated heterocycles. The topological polar surface area (TPSA) is 74.6 Å². The Labute approximate surface area is 140 Å². The van der Waals surface area contributed by atoms with Crippen molar-refractivity contribution >= 4 is 5.91 Å². The van der Waals surface area contributed by atoms with Gasteiger partial charge in [0, 0.05) is 31.5 Å². The zero-order valence-electron chi connectivity index (χ0n) is 13.8. The van der Waals surface area contributed by atoms with Crippen LogP contribution in [0.1, 0.15) is 19.2 Å². The van der Waals surface area contributed by atoms with Crippen molar-refractivity contribution in [2.75, 3.05) is 13.3 Å². The summed E-state index contributed by atoms with van der Waals surface area (Å²) in [5, 5.41) is 2.88. The van der Waals surface area contributed by atoms with Gasteiger partial charge in [0.15, 0.2) is 17.6 Å². The van der Waals surface area contributed by atoms with E-state index in [-0.39, 0.29) is 12.7 Å². The van der Waals surface area contributed by atoms with Crippen molar-refractivity contribution < 1.29 is 19.0 Å². The van der Waals surface area contributed by atoms with Crippen LogP contribution in [0.4, 0.5) is 0 Å². The summed E-state index contributed by atoms with van der Waals surface area (Å²) in [6.07, 6.45) is 3.96. The van der Waals surface area contributed by atoms with Crippen molar-refractivity contribution in [3.63, 3.8) is 0 Å². The molecule has 0 saturated carbocycles. The molecular weight excluding hydrogens is 310 g/mol. The molecule has 2 aromatic rings. The van der Waals surface area contributed by atoms with Gasteiger partial charge in [-0.1, -0.05) is 0 Å². The molecule has 7 heteroatoms. The molecule has 7 nitrogen and oxygen atoms in total. The van der Waals surface area contributed by atoms with Gasteiger partial charge in [-0.2, -0.15) is 0 Å². The van der Waals surface area contributed by atoms with E-state index >= 15 is 0 Å². The molecule has 1 atom stereocenters. The van der Waals surface area contributed by atoms with Gasteiger partial charge in [-0.25, -0.2) is 4.98 Å². The highest BCUT2D eigenvalue weighted by Crippen LogP contribution is 2.35. The minimum atomic E-state index is -0.583. The number of hydrogen-bond acceptors (Lipinski definition) is 5. The van der Waals surface area contributed by atoms with Crippen molar-refractivity contribution in [3.8, 4) is 17.2 Å². The van der Waals surface area contributed by atoms with Crippen LogP contribution in [0.2, 0.25) is 0 Å². The summed E-state index contributed by atoms with van der Waals surface area (Å²) in [6, 6.07) is 5.27. The van der Waals surface area contributed by atoms with Crippen LogP contribution in [0, 0.1) is 6.92 Å². The van der Waals surface area contributed by atoms with Gasteiger partial charge in [-0.05, 0) is 32.4 Å². The minimum Gasteiger partial charge on any atom is -0.481 e. The highest BCUT2D eigenvalue weighted by molar-refractivity contribution is 5.80. The second kappa shape index (κ2) is 7.25. The highest BCUT2D eigenvalue weighted by Gasteiger charge is 2.17. The monoisotopic (exact) mass is 331 g/mol. The van der Waals surface area contributed by atoms with Crippen molar-refractivity contribution in [1.29, 1.82) is 0 Å². The lowest BCUT2D eigenvalue weighted by atomic mass is 10.3. The van der Waals surface area contributed by atoms with Crippen LogP contribution in [-0.2, 0) is 11.3 Å². The molecule has 1 aromatic carbocycles. The van der Waals surface area contributed by atoms with Gasteiger partial charge < -0.3 is 24.1 Å². The lowest BCUT2D eigenvalue weighted by molar-refractivity contribution is -0.127. The number of aromatic nitrogens is 2.